The van der Waals surface area contributed by atoms with Gasteiger partial charge in [0.15, 0.2) is 0 Å². The van der Waals surface area contributed by atoms with Gasteiger partial charge in [-0.2, -0.15) is 5.26 Å². The Kier molecular flexibility index (Phi) is 5.35. The Balaban J connectivity index is 1.68. The molecule has 4 nitrogen and oxygen atoms in total. The summed E-state index contributed by atoms with van der Waals surface area (Å²) in [6, 6.07) is 13.9. The number of carbonyl (C=O) groups is 1. The molecule has 0 radical (unpaired) electrons. The van der Waals surface area contributed by atoms with Crippen molar-refractivity contribution in [2.24, 2.45) is 0 Å². The number of aromatic nitrogens is 1. The number of hydrogen-bond acceptors (Lipinski definition) is 2. The number of H-pyrrole nitrogens is 1. The van der Waals surface area contributed by atoms with E-state index in [1.54, 1.807) is 6.07 Å². The lowest BCUT2D eigenvalue weighted by molar-refractivity contribution is -0.117. The van der Waals surface area contributed by atoms with Gasteiger partial charge in [0.05, 0.1) is 5.02 Å². The van der Waals surface area contributed by atoms with Crippen molar-refractivity contribution in [2.75, 3.05) is 6.54 Å². The second-order valence-corrected chi connectivity index (χ2v) is 6.08. The third kappa shape index (κ3) is 3.76. The minimum absolute atomic E-state index is 0.0255. The largest absolute Gasteiger partial charge is 0.361 e. The summed E-state index contributed by atoms with van der Waals surface area (Å²) in [6.45, 7) is 0.352. The van der Waals surface area contributed by atoms with Crippen LogP contribution < -0.4 is 5.32 Å². The van der Waals surface area contributed by atoms with Crippen LogP contribution in [0.5, 0.6) is 0 Å². The molecule has 2 aromatic carbocycles. The molecule has 0 spiro atoms. The van der Waals surface area contributed by atoms with E-state index in [1.807, 2.05) is 30.5 Å². The molecular formula is C20H15ClFN3O. The number of para-hydroxylation sites is 1. The number of nitrogens with zero attached hydrogens (tertiary/aromatic N) is 1. The maximum atomic E-state index is 13.8. The van der Waals surface area contributed by atoms with E-state index < -0.39 is 11.7 Å². The van der Waals surface area contributed by atoms with Gasteiger partial charge in [-0.25, -0.2) is 4.39 Å². The predicted molar refractivity (Wildman–Crippen MR) is 100 cm³/mol. The Hall–Kier alpha value is -3.10. The SMILES string of the molecule is N#C/C(=C/c1c(F)cccc1Cl)C(=O)NCCc1c[nH]c2ccccc12. The lowest BCUT2D eigenvalue weighted by atomic mass is 10.1. The van der Waals surface area contributed by atoms with Crippen molar-refractivity contribution in [1.29, 1.82) is 5.26 Å². The molecule has 1 amide bonds. The zero-order valence-corrected chi connectivity index (χ0v) is 14.5. The third-order valence-corrected chi connectivity index (χ3v) is 4.34. The normalized spacial score (nSPS) is 11.3. The van der Waals surface area contributed by atoms with Crippen molar-refractivity contribution in [3.05, 3.63) is 76.2 Å². The molecule has 130 valence electrons. The molecule has 6 heteroatoms. The highest BCUT2D eigenvalue weighted by Crippen LogP contribution is 2.22. The van der Waals surface area contributed by atoms with Crippen molar-refractivity contribution in [3.8, 4) is 6.07 Å². The summed E-state index contributed by atoms with van der Waals surface area (Å²) in [4.78, 5) is 15.4. The lowest BCUT2D eigenvalue weighted by Crippen LogP contribution is -2.26. The molecule has 1 heterocycles. The van der Waals surface area contributed by atoms with Crippen LogP contribution in [-0.2, 0) is 11.2 Å². The van der Waals surface area contributed by atoms with E-state index in [1.165, 1.54) is 24.3 Å². The van der Waals surface area contributed by atoms with Crippen molar-refractivity contribution in [2.45, 2.75) is 6.42 Å². The fraction of sp³-hybridized carbons (Fsp3) is 0.100. The summed E-state index contributed by atoms with van der Waals surface area (Å²) in [5.41, 5.74) is 1.93. The first-order valence-corrected chi connectivity index (χ1v) is 8.37. The molecule has 2 N–H and O–H groups in total. The highest BCUT2D eigenvalue weighted by molar-refractivity contribution is 6.32. The van der Waals surface area contributed by atoms with Crippen molar-refractivity contribution >= 4 is 34.5 Å². The number of rotatable bonds is 5. The Bertz CT molecular complexity index is 1010. The zero-order valence-electron chi connectivity index (χ0n) is 13.7. The van der Waals surface area contributed by atoms with Crippen LogP contribution in [0.4, 0.5) is 4.39 Å². The molecule has 0 saturated heterocycles. The topological polar surface area (TPSA) is 68.7 Å². The first-order valence-electron chi connectivity index (χ1n) is 7.99. The van der Waals surface area contributed by atoms with Gasteiger partial charge in [0, 0.05) is 29.2 Å². The molecule has 0 saturated carbocycles. The quantitative estimate of drug-likeness (QED) is 0.523. The fourth-order valence-electron chi connectivity index (χ4n) is 2.69. The molecule has 1 aromatic heterocycles. The second-order valence-electron chi connectivity index (χ2n) is 5.67. The van der Waals surface area contributed by atoms with Crippen LogP contribution in [0.1, 0.15) is 11.1 Å². The molecule has 0 unspecified atom stereocenters. The van der Waals surface area contributed by atoms with Crippen LogP contribution in [0, 0.1) is 17.1 Å². The molecule has 0 fully saturated rings. The Morgan fingerprint density at radius 3 is 2.85 bits per heavy atom. The van der Waals surface area contributed by atoms with E-state index in [-0.39, 0.29) is 16.2 Å². The number of fused-ring (bicyclic) bond motifs is 1. The first-order chi connectivity index (χ1) is 12.6. The molecule has 0 aliphatic carbocycles. The fourth-order valence-corrected chi connectivity index (χ4v) is 2.90. The Labute approximate surface area is 154 Å². The number of nitriles is 1. The molecule has 0 bridgehead atoms. The number of nitrogens with one attached hydrogen (secondary N) is 2. The lowest BCUT2D eigenvalue weighted by Gasteiger charge is -2.05. The van der Waals surface area contributed by atoms with Gasteiger partial charge in [0.2, 0.25) is 0 Å². The highest BCUT2D eigenvalue weighted by atomic mass is 35.5. The highest BCUT2D eigenvalue weighted by Gasteiger charge is 2.12. The molecule has 0 aliphatic heterocycles. The van der Waals surface area contributed by atoms with Crippen molar-refractivity contribution < 1.29 is 9.18 Å². The monoisotopic (exact) mass is 367 g/mol. The number of carbonyl (C=O) groups excluding carboxylic acids is 1. The van der Waals surface area contributed by atoms with Crippen LogP contribution in [0.3, 0.4) is 0 Å². The van der Waals surface area contributed by atoms with Crippen LogP contribution in [0.2, 0.25) is 5.02 Å². The summed E-state index contributed by atoms with van der Waals surface area (Å²) in [6.07, 6.45) is 3.67. The number of halogens is 2. The smallest absolute Gasteiger partial charge is 0.261 e. The molecule has 26 heavy (non-hydrogen) atoms. The summed E-state index contributed by atoms with van der Waals surface area (Å²) in [5.74, 6) is -1.15. The summed E-state index contributed by atoms with van der Waals surface area (Å²) in [7, 11) is 0. The van der Waals surface area contributed by atoms with Gasteiger partial charge in [0.25, 0.3) is 5.91 Å². The second kappa shape index (κ2) is 7.85. The first kappa shape index (κ1) is 17.7. The maximum absolute atomic E-state index is 13.8. The standard InChI is InChI=1S/C20H15ClFN3O/c21-17-5-3-6-18(22)16(17)10-14(11-23)20(26)24-9-8-13-12-25-19-7-2-1-4-15(13)19/h1-7,10,12,25H,8-9H2,(H,24,26)/b14-10-. The number of hydrogen-bond donors (Lipinski definition) is 2. The van der Waals surface area contributed by atoms with Gasteiger partial charge in [-0.1, -0.05) is 35.9 Å². The molecule has 0 atom stereocenters. The van der Waals surface area contributed by atoms with E-state index >= 15 is 0 Å². The van der Waals surface area contributed by atoms with Gasteiger partial charge in [-0.05, 0) is 36.3 Å². The molecule has 3 aromatic rings. The third-order valence-electron chi connectivity index (χ3n) is 4.01. The number of amides is 1. The van der Waals surface area contributed by atoms with Crippen LogP contribution in [0.15, 0.2) is 54.2 Å². The van der Waals surface area contributed by atoms with Gasteiger partial charge < -0.3 is 10.3 Å². The van der Waals surface area contributed by atoms with E-state index in [0.717, 1.165) is 16.5 Å². The van der Waals surface area contributed by atoms with E-state index in [9.17, 15) is 14.4 Å². The average molecular weight is 368 g/mol. The number of aromatic amines is 1. The van der Waals surface area contributed by atoms with Crippen LogP contribution in [0.25, 0.3) is 17.0 Å². The van der Waals surface area contributed by atoms with Crippen molar-refractivity contribution in [3.63, 3.8) is 0 Å². The van der Waals surface area contributed by atoms with Crippen LogP contribution in [-0.4, -0.2) is 17.4 Å². The molecule has 3 rings (SSSR count). The Morgan fingerprint density at radius 2 is 2.08 bits per heavy atom. The van der Waals surface area contributed by atoms with Gasteiger partial charge in [-0.3, -0.25) is 4.79 Å². The van der Waals surface area contributed by atoms with E-state index in [4.69, 9.17) is 11.6 Å². The summed E-state index contributed by atoms with van der Waals surface area (Å²) >= 11 is 5.93. The maximum Gasteiger partial charge on any atom is 0.261 e. The van der Waals surface area contributed by atoms with E-state index in [0.29, 0.717) is 13.0 Å². The predicted octanol–water partition coefficient (Wildman–Crippen LogP) is 4.23. The minimum atomic E-state index is -0.586. The molecular weight excluding hydrogens is 353 g/mol. The van der Waals surface area contributed by atoms with Gasteiger partial charge >= 0.3 is 0 Å². The number of benzene rings is 2. The molecule has 0 aliphatic rings. The minimum Gasteiger partial charge on any atom is -0.361 e. The zero-order chi connectivity index (χ0) is 18.5. The van der Waals surface area contributed by atoms with E-state index in [2.05, 4.69) is 10.3 Å². The Morgan fingerprint density at radius 1 is 1.27 bits per heavy atom. The summed E-state index contributed by atoms with van der Waals surface area (Å²) in [5, 5.41) is 13.1. The summed E-state index contributed by atoms with van der Waals surface area (Å²) < 4.78 is 13.8. The average Bonchev–Trinajstić information content (AvgIpc) is 3.05. The van der Waals surface area contributed by atoms with Crippen molar-refractivity contribution in [1.82, 2.24) is 10.3 Å². The van der Waals surface area contributed by atoms with Gasteiger partial charge in [-0.15, -0.1) is 0 Å². The van der Waals surface area contributed by atoms with Crippen LogP contribution >= 0.6 is 11.6 Å². The van der Waals surface area contributed by atoms with Gasteiger partial charge in [0.1, 0.15) is 17.5 Å².